The van der Waals surface area contributed by atoms with E-state index in [1.807, 2.05) is 49.6 Å². The summed E-state index contributed by atoms with van der Waals surface area (Å²) in [5.41, 5.74) is 3.87. The summed E-state index contributed by atoms with van der Waals surface area (Å²) in [7, 11) is 1.51. The molecule has 3 aromatic rings. The molecule has 5 nitrogen and oxygen atoms in total. The number of carbonyl (C=O) groups is 2. The lowest BCUT2D eigenvalue weighted by molar-refractivity contribution is -0.120. The minimum absolute atomic E-state index is 0.251. The second kappa shape index (κ2) is 7.97. The molecule has 1 aromatic heterocycles. The van der Waals surface area contributed by atoms with Gasteiger partial charge in [-0.2, -0.15) is 0 Å². The molecule has 30 heavy (non-hydrogen) atoms. The Morgan fingerprint density at radius 1 is 1.03 bits per heavy atom. The summed E-state index contributed by atoms with van der Waals surface area (Å²) in [4.78, 5) is 28.6. The number of nitrogens with zero attached hydrogens (tertiary/aromatic N) is 1. The zero-order valence-corrected chi connectivity index (χ0v) is 18.2. The summed E-state index contributed by atoms with van der Waals surface area (Å²) in [6, 6.07) is 14.4. The van der Waals surface area contributed by atoms with Crippen molar-refractivity contribution in [2.75, 3.05) is 17.3 Å². The van der Waals surface area contributed by atoms with E-state index in [-0.39, 0.29) is 5.70 Å². The molecule has 0 atom stereocenters. The molecule has 152 valence electrons. The van der Waals surface area contributed by atoms with Crippen LogP contribution in [0.25, 0.3) is 5.57 Å². The number of methoxy groups -OCH3 is 1. The van der Waals surface area contributed by atoms with Crippen LogP contribution < -0.4 is 15.0 Å². The summed E-state index contributed by atoms with van der Waals surface area (Å²) >= 11 is 7.65. The van der Waals surface area contributed by atoms with Crippen molar-refractivity contribution in [2.45, 2.75) is 13.8 Å². The average Bonchev–Trinajstić information content (AvgIpc) is 3.31. The molecule has 0 unspecified atom stereocenters. The van der Waals surface area contributed by atoms with E-state index in [1.165, 1.54) is 18.4 Å². The van der Waals surface area contributed by atoms with Gasteiger partial charge in [0.1, 0.15) is 11.4 Å². The molecule has 0 fully saturated rings. The van der Waals surface area contributed by atoms with Crippen molar-refractivity contribution >= 4 is 51.7 Å². The fraction of sp³-hybridized carbons (Fsp3) is 0.130. The smallest absolute Gasteiger partial charge is 0.282 e. The highest BCUT2D eigenvalue weighted by atomic mass is 35.5. The fourth-order valence-electron chi connectivity index (χ4n) is 3.41. The van der Waals surface area contributed by atoms with Crippen molar-refractivity contribution in [3.8, 4) is 5.75 Å². The van der Waals surface area contributed by atoms with Crippen LogP contribution in [0.1, 0.15) is 16.0 Å². The Kier molecular flexibility index (Phi) is 5.37. The van der Waals surface area contributed by atoms with Gasteiger partial charge in [-0.25, -0.2) is 4.90 Å². The number of amides is 2. The Hall–Kier alpha value is -3.09. The lowest BCUT2D eigenvalue weighted by Crippen LogP contribution is -2.32. The maximum Gasteiger partial charge on any atom is 0.282 e. The number of nitrogens with one attached hydrogen (secondary N) is 1. The molecule has 1 aliphatic rings. The zero-order chi connectivity index (χ0) is 21.4. The number of thiophene rings is 1. The predicted molar refractivity (Wildman–Crippen MR) is 121 cm³/mol. The molecule has 2 aromatic carbocycles. The first-order chi connectivity index (χ1) is 14.4. The highest BCUT2D eigenvalue weighted by Gasteiger charge is 2.41. The van der Waals surface area contributed by atoms with E-state index >= 15 is 0 Å². The van der Waals surface area contributed by atoms with Crippen LogP contribution in [-0.2, 0) is 9.59 Å². The van der Waals surface area contributed by atoms with Gasteiger partial charge in [-0.15, -0.1) is 11.3 Å². The maximum atomic E-state index is 13.4. The summed E-state index contributed by atoms with van der Waals surface area (Å²) in [5.74, 6) is -0.347. The van der Waals surface area contributed by atoms with Crippen LogP contribution in [0.4, 0.5) is 11.4 Å². The molecule has 0 aliphatic carbocycles. The highest BCUT2D eigenvalue weighted by molar-refractivity contribution is 7.11. The number of anilines is 2. The summed E-state index contributed by atoms with van der Waals surface area (Å²) in [5, 5.41) is 5.41. The largest absolute Gasteiger partial charge is 0.495 e. The van der Waals surface area contributed by atoms with Crippen molar-refractivity contribution in [1.29, 1.82) is 0 Å². The van der Waals surface area contributed by atoms with Gasteiger partial charge in [0, 0.05) is 10.6 Å². The second-order valence-corrected chi connectivity index (χ2v) is 8.29. The van der Waals surface area contributed by atoms with Gasteiger partial charge in [-0.05, 0) is 55.1 Å². The number of carbonyl (C=O) groups excluding carboxylic acids is 2. The van der Waals surface area contributed by atoms with Gasteiger partial charge in [-0.3, -0.25) is 9.59 Å². The molecule has 0 saturated carbocycles. The first-order valence-electron chi connectivity index (χ1n) is 9.25. The first-order valence-corrected chi connectivity index (χ1v) is 10.5. The molecular formula is C23H19ClN2O3S. The maximum absolute atomic E-state index is 13.4. The molecule has 0 radical (unpaired) electrons. The number of benzene rings is 2. The number of hydrogen-bond acceptors (Lipinski definition) is 5. The Morgan fingerprint density at radius 3 is 2.47 bits per heavy atom. The molecular weight excluding hydrogens is 420 g/mol. The van der Waals surface area contributed by atoms with Crippen molar-refractivity contribution in [3.05, 3.63) is 80.6 Å². The van der Waals surface area contributed by atoms with Crippen molar-refractivity contribution < 1.29 is 14.3 Å². The summed E-state index contributed by atoms with van der Waals surface area (Å²) in [6.07, 6.45) is 0. The molecule has 2 amide bonds. The number of aryl methyl sites for hydroxylation is 2. The van der Waals surface area contributed by atoms with E-state index in [0.717, 1.165) is 26.6 Å². The fourth-order valence-corrected chi connectivity index (χ4v) is 4.43. The first kappa shape index (κ1) is 20.2. The number of imide groups is 1. The van der Waals surface area contributed by atoms with Crippen LogP contribution in [0.2, 0.25) is 5.02 Å². The third kappa shape index (κ3) is 3.49. The molecule has 4 rings (SSSR count). The monoisotopic (exact) mass is 438 g/mol. The number of halogens is 1. The molecule has 7 heteroatoms. The lowest BCUT2D eigenvalue weighted by atomic mass is 10.1. The van der Waals surface area contributed by atoms with Crippen LogP contribution in [0.5, 0.6) is 5.75 Å². The van der Waals surface area contributed by atoms with Crippen LogP contribution in [-0.4, -0.2) is 18.9 Å². The van der Waals surface area contributed by atoms with Crippen LogP contribution >= 0.6 is 22.9 Å². The Morgan fingerprint density at radius 2 is 1.83 bits per heavy atom. The van der Waals surface area contributed by atoms with Crippen molar-refractivity contribution in [1.82, 2.24) is 0 Å². The van der Waals surface area contributed by atoms with E-state index in [4.69, 9.17) is 16.3 Å². The van der Waals surface area contributed by atoms with E-state index in [1.54, 1.807) is 18.2 Å². The molecule has 1 aliphatic heterocycles. The topological polar surface area (TPSA) is 58.6 Å². The van der Waals surface area contributed by atoms with Gasteiger partial charge < -0.3 is 10.1 Å². The Bertz CT molecular complexity index is 1190. The minimum Gasteiger partial charge on any atom is -0.495 e. The molecule has 2 heterocycles. The SMILES string of the molecule is COc1ccc(N2C(=O)C(Nc3ccc(C)cc3C)=C(c3cccs3)C2=O)cc1Cl. The molecule has 0 spiro atoms. The second-order valence-electron chi connectivity index (χ2n) is 6.94. The van der Waals surface area contributed by atoms with Gasteiger partial charge in [0.05, 0.1) is 23.4 Å². The van der Waals surface area contributed by atoms with Gasteiger partial charge in [0.2, 0.25) is 0 Å². The summed E-state index contributed by atoms with van der Waals surface area (Å²) in [6.45, 7) is 3.97. The van der Waals surface area contributed by atoms with E-state index in [9.17, 15) is 9.59 Å². The van der Waals surface area contributed by atoms with Crippen molar-refractivity contribution in [2.24, 2.45) is 0 Å². The summed E-state index contributed by atoms with van der Waals surface area (Å²) < 4.78 is 5.18. The average molecular weight is 439 g/mol. The lowest BCUT2D eigenvalue weighted by Gasteiger charge is -2.17. The minimum atomic E-state index is -0.426. The standard InChI is InChI=1S/C23H19ClN2O3S/c1-13-6-8-17(14(2)11-13)25-21-20(19-5-4-10-30-19)22(27)26(23(21)28)15-7-9-18(29-3)16(24)12-15/h4-12,25H,1-3H3. The van der Waals surface area contributed by atoms with Gasteiger partial charge in [0.25, 0.3) is 11.8 Å². The van der Waals surface area contributed by atoms with Gasteiger partial charge in [-0.1, -0.05) is 35.4 Å². The van der Waals surface area contributed by atoms with Crippen LogP contribution in [0.3, 0.4) is 0 Å². The van der Waals surface area contributed by atoms with Gasteiger partial charge in [0.15, 0.2) is 0 Å². The molecule has 0 saturated heterocycles. The van der Waals surface area contributed by atoms with E-state index in [2.05, 4.69) is 5.32 Å². The third-order valence-electron chi connectivity index (χ3n) is 4.89. The predicted octanol–water partition coefficient (Wildman–Crippen LogP) is 5.42. The van der Waals surface area contributed by atoms with Crippen molar-refractivity contribution in [3.63, 3.8) is 0 Å². The van der Waals surface area contributed by atoms with E-state index in [0.29, 0.717) is 22.0 Å². The molecule has 1 N–H and O–H groups in total. The Labute approximate surface area is 183 Å². The van der Waals surface area contributed by atoms with Crippen LogP contribution in [0, 0.1) is 13.8 Å². The van der Waals surface area contributed by atoms with E-state index < -0.39 is 11.8 Å². The third-order valence-corrected chi connectivity index (χ3v) is 6.07. The van der Waals surface area contributed by atoms with Crippen LogP contribution in [0.15, 0.2) is 59.6 Å². The molecule has 0 bridgehead atoms. The zero-order valence-electron chi connectivity index (χ0n) is 16.7. The number of hydrogen-bond donors (Lipinski definition) is 1. The van der Waals surface area contributed by atoms with Gasteiger partial charge >= 0.3 is 0 Å². The quantitative estimate of drug-likeness (QED) is 0.540. The highest BCUT2D eigenvalue weighted by Crippen LogP contribution is 2.38. The normalized spacial score (nSPS) is 13.9. The number of ether oxygens (including phenoxy) is 1. The number of rotatable bonds is 5. The Balaban J connectivity index is 1.80.